The van der Waals surface area contributed by atoms with E-state index in [1.165, 1.54) is 12.8 Å². The Morgan fingerprint density at radius 2 is 2.40 bits per heavy atom. The number of hydrogen-bond donors (Lipinski definition) is 2. The molecule has 1 aliphatic rings. The second-order valence-electron chi connectivity index (χ2n) is 4.73. The number of rotatable bonds is 5. The first-order valence-corrected chi connectivity index (χ1v) is 6.19. The van der Waals surface area contributed by atoms with E-state index < -0.39 is 0 Å². The van der Waals surface area contributed by atoms with Gasteiger partial charge in [-0.15, -0.1) is 0 Å². The van der Waals surface area contributed by atoms with Crippen LogP contribution < -0.4 is 10.6 Å². The van der Waals surface area contributed by atoms with Crippen LogP contribution in [0.2, 0.25) is 0 Å². The lowest BCUT2D eigenvalue weighted by Crippen LogP contribution is -2.35. The molecule has 15 heavy (non-hydrogen) atoms. The van der Waals surface area contributed by atoms with E-state index in [2.05, 4.69) is 24.5 Å². The maximum absolute atomic E-state index is 11.6. The van der Waals surface area contributed by atoms with Crippen molar-refractivity contribution in [3.8, 4) is 0 Å². The molecule has 0 spiro atoms. The average Bonchev–Trinajstić information content (AvgIpc) is 2.27. The molecule has 0 bridgehead atoms. The van der Waals surface area contributed by atoms with Gasteiger partial charge in [-0.2, -0.15) is 0 Å². The van der Waals surface area contributed by atoms with Gasteiger partial charge in [0.15, 0.2) is 0 Å². The zero-order valence-electron chi connectivity index (χ0n) is 10.0. The molecule has 2 N–H and O–H groups in total. The molecule has 3 nitrogen and oxygen atoms in total. The van der Waals surface area contributed by atoms with Gasteiger partial charge >= 0.3 is 0 Å². The lowest BCUT2D eigenvalue weighted by Gasteiger charge is -2.22. The number of carbonyl (C=O) groups is 1. The van der Waals surface area contributed by atoms with Crippen molar-refractivity contribution < 1.29 is 4.79 Å². The van der Waals surface area contributed by atoms with E-state index in [0.29, 0.717) is 18.3 Å². The van der Waals surface area contributed by atoms with Crippen LogP contribution >= 0.6 is 0 Å². The molecule has 1 aliphatic heterocycles. The molecule has 1 amide bonds. The number of piperidine rings is 1. The fourth-order valence-electron chi connectivity index (χ4n) is 1.86. The summed E-state index contributed by atoms with van der Waals surface area (Å²) in [4.78, 5) is 11.6. The SMILES string of the molecule is CCC(C)CNC(=O)CC1CCCNC1. The fourth-order valence-corrected chi connectivity index (χ4v) is 1.86. The van der Waals surface area contributed by atoms with Gasteiger partial charge in [-0.1, -0.05) is 20.3 Å². The Hall–Kier alpha value is -0.570. The van der Waals surface area contributed by atoms with E-state index in [1.807, 2.05) is 0 Å². The lowest BCUT2D eigenvalue weighted by atomic mass is 9.96. The third-order valence-corrected chi connectivity index (χ3v) is 3.22. The van der Waals surface area contributed by atoms with Crippen molar-refractivity contribution in [2.75, 3.05) is 19.6 Å². The molecule has 2 unspecified atom stereocenters. The second kappa shape index (κ2) is 6.83. The van der Waals surface area contributed by atoms with Crippen molar-refractivity contribution in [2.45, 2.75) is 39.5 Å². The Labute approximate surface area is 93.0 Å². The maximum Gasteiger partial charge on any atom is 0.220 e. The van der Waals surface area contributed by atoms with Crippen LogP contribution in [0.3, 0.4) is 0 Å². The summed E-state index contributed by atoms with van der Waals surface area (Å²) < 4.78 is 0. The summed E-state index contributed by atoms with van der Waals surface area (Å²) in [5, 5.41) is 6.35. The van der Waals surface area contributed by atoms with Crippen molar-refractivity contribution in [3.63, 3.8) is 0 Å². The van der Waals surface area contributed by atoms with E-state index in [4.69, 9.17) is 0 Å². The van der Waals surface area contributed by atoms with Crippen molar-refractivity contribution in [2.24, 2.45) is 11.8 Å². The van der Waals surface area contributed by atoms with Crippen molar-refractivity contribution in [3.05, 3.63) is 0 Å². The highest BCUT2D eigenvalue weighted by Crippen LogP contribution is 2.13. The van der Waals surface area contributed by atoms with Crippen molar-refractivity contribution >= 4 is 5.91 Å². The highest BCUT2D eigenvalue weighted by Gasteiger charge is 2.16. The van der Waals surface area contributed by atoms with E-state index in [-0.39, 0.29) is 5.91 Å². The molecule has 0 saturated carbocycles. The maximum atomic E-state index is 11.6. The van der Waals surface area contributed by atoms with Crippen LogP contribution in [0.5, 0.6) is 0 Å². The van der Waals surface area contributed by atoms with E-state index >= 15 is 0 Å². The van der Waals surface area contributed by atoms with E-state index in [1.54, 1.807) is 0 Å². The van der Waals surface area contributed by atoms with E-state index in [0.717, 1.165) is 26.1 Å². The van der Waals surface area contributed by atoms with Gasteiger partial charge in [-0.25, -0.2) is 0 Å². The number of amides is 1. The third-order valence-electron chi connectivity index (χ3n) is 3.22. The van der Waals surface area contributed by atoms with Gasteiger partial charge in [-0.3, -0.25) is 4.79 Å². The first-order valence-electron chi connectivity index (χ1n) is 6.19. The summed E-state index contributed by atoms with van der Waals surface area (Å²) in [5.41, 5.74) is 0. The summed E-state index contributed by atoms with van der Waals surface area (Å²) in [6, 6.07) is 0. The van der Waals surface area contributed by atoms with Crippen LogP contribution in [0.15, 0.2) is 0 Å². The highest BCUT2D eigenvalue weighted by molar-refractivity contribution is 5.76. The topological polar surface area (TPSA) is 41.1 Å². The van der Waals surface area contributed by atoms with E-state index in [9.17, 15) is 4.79 Å². The summed E-state index contributed by atoms with van der Waals surface area (Å²) in [6.07, 6.45) is 4.24. The zero-order chi connectivity index (χ0) is 11.1. The smallest absolute Gasteiger partial charge is 0.220 e. The quantitative estimate of drug-likeness (QED) is 0.726. The number of hydrogen-bond acceptors (Lipinski definition) is 2. The van der Waals surface area contributed by atoms with Gasteiger partial charge in [0.25, 0.3) is 0 Å². The van der Waals surface area contributed by atoms with Crippen molar-refractivity contribution in [1.29, 1.82) is 0 Å². The molecule has 1 fully saturated rings. The Bertz CT molecular complexity index is 188. The molecule has 1 rings (SSSR count). The summed E-state index contributed by atoms with van der Waals surface area (Å²) in [7, 11) is 0. The van der Waals surface area contributed by atoms with Crippen LogP contribution in [0.4, 0.5) is 0 Å². The van der Waals surface area contributed by atoms with Gasteiger partial charge in [0, 0.05) is 13.0 Å². The first-order chi connectivity index (χ1) is 7.22. The average molecular weight is 212 g/mol. The predicted molar refractivity (Wildman–Crippen MR) is 62.7 cm³/mol. The van der Waals surface area contributed by atoms with Gasteiger partial charge in [-0.05, 0) is 37.8 Å². The minimum absolute atomic E-state index is 0.226. The lowest BCUT2D eigenvalue weighted by molar-refractivity contribution is -0.122. The van der Waals surface area contributed by atoms with Crippen LogP contribution in [0.25, 0.3) is 0 Å². The first kappa shape index (κ1) is 12.5. The minimum atomic E-state index is 0.226. The molecule has 0 aromatic carbocycles. The Balaban J connectivity index is 2.11. The van der Waals surface area contributed by atoms with Crippen LogP contribution in [-0.2, 0) is 4.79 Å². The minimum Gasteiger partial charge on any atom is -0.356 e. The normalized spacial score (nSPS) is 23.5. The van der Waals surface area contributed by atoms with Gasteiger partial charge in [0.2, 0.25) is 5.91 Å². The predicted octanol–water partition coefficient (Wildman–Crippen LogP) is 1.54. The Morgan fingerprint density at radius 3 is 3.00 bits per heavy atom. The Morgan fingerprint density at radius 1 is 1.60 bits per heavy atom. The summed E-state index contributed by atoms with van der Waals surface area (Å²) >= 11 is 0. The van der Waals surface area contributed by atoms with Gasteiger partial charge < -0.3 is 10.6 Å². The van der Waals surface area contributed by atoms with Crippen LogP contribution in [-0.4, -0.2) is 25.5 Å². The second-order valence-corrected chi connectivity index (χ2v) is 4.73. The largest absolute Gasteiger partial charge is 0.356 e. The van der Waals surface area contributed by atoms with Crippen LogP contribution in [0, 0.1) is 11.8 Å². The summed E-state index contributed by atoms with van der Waals surface area (Å²) in [6.45, 7) is 7.28. The molecule has 88 valence electrons. The molecule has 3 heteroatoms. The Kier molecular flexibility index (Phi) is 5.69. The molecule has 2 atom stereocenters. The summed E-state index contributed by atoms with van der Waals surface area (Å²) in [5.74, 6) is 1.37. The molecule has 1 saturated heterocycles. The number of nitrogens with one attached hydrogen (secondary N) is 2. The monoisotopic (exact) mass is 212 g/mol. The molecule has 0 aromatic heterocycles. The fraction of sp³-hybridized carbons (Fsp3) is 0.917. The molecule has 1 heterocycles. The van der Waals surface area contributed by atoms with Crippen LogP contribution in [0.1, 0.15) is 39.5 Å². The van der Waals surface area contributed by atoms with Crippen molar-refractivity contribution in [1.82, 2.24) is 10.6 Å². The molecule has 0 radical (unpaired) electrons. The molecule has 0 aliphatic carbocycles. The molecular weight excluding hydrogens is 188 g/mol. The molecule has 0 aromatic rings. The number of carbonyl (C=O) groups excluding carboxylic acids is 1. The third kappa shape index (κ3) is 5.17. The zero-order valence-corrected chi connectivity index (χ0v) is 10.0. The highest BCUT2D eigenvalue weighted by atomic mass is 16.1. The van der Waals surface area contributed by atoms with Gasteiger partial charge in [0.1, 0.15) is 0 Å². The standard InChI is InChI=1S/C12H24N2O/c1-3-10(2)8-14-12(15)7-11-5-4-6-13-9-11/h10-11,13H,3-9H2,1-2H3,(H,14,15). The molecular formula is C12H24N2O. The van der Waals surface area contributed by atoms with Gasteiger partial charge in [0.05, 0.1) is 0 Å².